The fourth-order valence-corrected chi connectivity index (χ4v) is 3.40. The SMILES string of the molecule is COc1cc(CN2CCc3nc(C4CC4)[nH]c(=O)c3C2)cc(OC)c1. The summed E-state index contributed by atoms with van der Waals surface area (Å²) in [5.41, 5.74) is 2.93. The summed E-state index contributed by atoms with van der Waals surface area (Å²) >= 11 is 0. The number of aromatic nitrogens is 2. The van der Waals surface area contributed by atoms with Gasteiger partial charge in [-0.3, -0.25) is 9.69 Å². The number of hydrogen-bond acceptors (Lipinski definition) is 5. The van der Waals surface area contributed by atoms with Crippen LogP contribution in [-0.4, -0.2) is 35.6 Å². The molecule has 1 N–H and O–H groups in total. The number of fused-ring (bicyclic) bond motifs is 1. The zero-order valence-corrected chi connectivity index (χ0v) is 14.7. The first-order chi connectivity index (χ1) is 12.2. The van der Waals surface area contributed by atoms with Crippen molar-refractivity contribution in [2.45, 2.75) is 38.3 Å². The predicted molar refractivity (Wildman–Crippen MR) is 94.2 cm³/mol. The highest BCUT2D eigenvalue weighted by Gasteiger charge is 2.29. The van der Waals surface area contributed by atoms with E-state index in [-0.39, 0.29) is 5.56 Å². The van der Waals surface area contributed by atoms with Crippen LogP contribution in [0.1, 0.15) is 41.4 Å². The van der Waals surface area contributed by atoms with Crippen LogP contribution in [0.2, 0.25) is 0 Å². The van der Waals surface area contributed by atoms with E-state index in [9.17, 15) is 4.79 Å². The maximum Gasteiger partial charge on any atom is 0.255 e. The summed E-state index contributed by atoms with van der Waals surface area (Å²) < 4.78 is 10.7. The van der Waals surface area contributed by atoms with Crippen molar-refractivity contribution in [3.05, 3.63) is 51.2 Å². The summed E-state index contributed by atoms with van der Waals surface area (Å²) in [6.45, 7) is 2.27. The Labute approximate surface area is 146 Å². The standard InChI is InChI=1S/C19H23N3O3/c1-24-14-7-12(8-15(9-14)25-2)10-22-6-5-17-16(11-22)19(23)21-18(20-17)13-3-4-13/h7-9,13H,3-6,10-11H2,1-2H3,(H,20,21,23). The summed E-state index contributed by atoms with van der Waals surface area (Å²) in [4.78, 5) is 22.4. The summed E-state index contributed by atoms with van der Waals surface area (Å²) in [6.07, 6.45) is 3.11. The van der Waals surface area contributed by atoms with E-state index in [4.69, 9.17) is 14.5 Å². The molecule has 0 amide bonds. The van der Waals surface area contributed by atoms with Gasteiger partial charge in [-0.15, -0.1) is 0 Å². The Balaban J connectivity index is 1.54. The van der Waals surface area contributed by atoms with Gasteiger partial charge in [-0.05, 0) is 30.5 Å². The van der Waals surface area contributed by atoms with Crippen molar-refractivity contribution in [1.82, 2.24) is 14.9 Å². The molecule has 4 rings (SSSR count). The lowest BCUT2D eigenvalue weighted by Gasteiger charge is -2.28. The molecule has 0 unspecified atom stereocenters. The maximum absolute atomic E-state index is 12.5. The van der Waals surface area contributed by atoms with Gasteiger partial charge in [0.1, 0.15) is 17.3 Å². The second-order valence-corrected chi connectivity index (χ2v) is 6.83. The van der Waals surface area contributed by atoms with Crippen LogP contribution in [0.4, 0.5) is 0 Å². The molecular weight excluding hydrogens is 318 g/mol. The molecule has 1 fully saturated rings. The van der Waals surface area contributed by atoms with Gasteiger partial charge in [-0.1, -0.05) is 0 Å². The molecule has 2 aliphatic rings. The molecular formula is C19H23N3O3. The quantitative estimate of drug-likeness (QED) is 0.903. The van der Waals surface area contributed by atoms with Crippen LogP contribution in [0.25, 0.3) is 0 Å². The molecule has 2 aromatic rings. The minimum atomic E-state index is 0.0276. The molecule has 1 aromatic heterocycles. The molecule has 6 nitrogen and oxygen atoms in total. The third kappa shape index (κ3) is 3.39. The van der Waals surface area contributed by atoms with Gasteiger partial charge in [0.05, 0.1) is 25.5 Å². The Hall–Kier alpha value is -2.34. The first kappa shape index (κ1) is 16.1. The summed E-state index contributed by atoms with van der Waals surface area (Å²) in [7, 11) is 3.30. The lowest BCUT2D eigenvalue weighted by molar-refractivity contribution is 0.240. The monoisotopic (exact) mass is 341 g/mol. The number of ether oxygens (including phenoxy) is 2. The van der Waals surface area contributed by atoms with Crippen LogP contribution >= 0.6 is 0 Å². The molecule has 0 atom stereocenters. The van der Waals surface area contributed by atoms with Crippen molar-refractivity contribution < 1.29 is 9.47 Å². The first-order valence-corrected chi connectivity index (χ1v) is 8.72. The molecule has 6 heteroatoms. The molecule has 0 saturated heterocycles. The summed E-state index contributed by atoms with van der Waals surface area (Å²) in [5, 5.41) is 0. The second kappa shape index (κ2) is 6.52. The van der Waals surface area contributed by atoms with Gasteiger partial charge in [0.15, 0.2) is 0 Å². The van der Waals surface area contributed by atoms with Gasteiger partial charge < -0.3 is 14.5 Å². The molecule has 25 heavy (non-hydrogen) atoms. The van der Waals surface area contributed by atoms with Gasteiger partial charge in [0.25, 0.3) is 5.56 Å². The molecule has 1 aliphatic carbocycles. The number of aromatic amines is 1. The Morgan fingerprint density at radius 1 is 1.20 bits per heavy atom. The van der Waals surface area contributed by atoms with Crippen molar-refractivity contribution in [3.63, 3.8) is 0 Å². The largest absolute Gasteiger partial charge is 0.497 e. The summed E-state index contributed by atoms with van der Waals surface area (Å²) in [6, 6.07) is 5.89. The van der Waals surface area contributed by atoms with Crippen LogP contribution in [0.15, 0.2) is 23.0 Å². The average Bonchev–Trinajstić information content (AvgIpc) is 3.47. The molecule has 1 saturated carbocycles. The van der Waals surface area contributed by atoms with Crippen molar-refractivity contribution in [2.24, 2.45) is 0 Å². The number of nitrogens with zero attached hydrogens (tertiary/aromatic N) is 2. The zero-order chi connectivity index (χ0) is 17.4. The average molecular weight is 341 g/mol. The Morgan fingerprint density at radius 3 is 2.56 bits per heavy atom. The van der Waals surface area contributed by atoms with E-state index in [2.05, 4.69) is 9.88 Å². The lowest BCUT2D eigenvalue weighted by atomic mass is 10.1. The Kier molecular flexibility index (Phi) is 4.21. The van der Waals surface area contributed by atoms with Crippen molar-refractivity contribution in [1.29, 1.82) is 0 Å². The molecule has 0 radical (unpaired) electrons. The fourth-order valence-electron chi connectivity index (χ4n) is 3.40. The van der Waals surface area contributed by atoms with Crippen LogP contribution < -0.4 is 15.0 Å². The number of hydrogen-bond donors (Lipinski definition) is 1. The van der Waals surface area contributed by atoms with Crippen molar-refractivity contribution in [3.8, 4) is 11.5 Å². The highest BCUT2D eigenvalue weighted by atomic mass is 16.5. The van der Waals surface area contributed by atoms with E-state index in [0.29, 0.717) is 12.5 Å². The third-order valence-electron chi connectivity index (χ3n) is 4.95. The lowest BCUT2D eigenvalue weighted by Crippen LogP contribution is -2.35. The number of rotatable bonds is 5. The van der Waals surface area contributed by atoms with E-state index in [1.165, 1.54) is 0 Å². The molecule has 1 aliphatic heterocycles. The molecule has 1 aromatic carbocycles. The minimum Gasteiger partial charge on any atom is -0.497 e. The normalized spacial score (nSPS) is 17.2. The highest BCUT2D eigenvalue weighted by Crippen LogP contribution is 2.37. The number of nitrogens with one attached hydrogen (secondary N) is 1. The molecule has 2 heterocycles. The van der Waals surface area contributed by atoms with Gasteiger partial charge in [-0.25, -0.2) is 4.98 Å². The predicted octanol–water partition coefficient (Wildman–Crippen LogP) is 2.22. The smallest absolute Gasteiger partial charge is 0.255 e. The maximum atomic E-state index is 12.5. The highest BCUT2D eigenvalue weighted by molar-refractivity contribution is 5.38. The van der Waals surface area contributed by atoms with Crippen molar-refractivity contribution >= 4 is 0 Å². The molecule has 0 spiro atoms. The van der Waals surface area contributed by atoms with Crippen LogP contribution in [0, 0.1) is 0 Å². The Morgan fingerprint density at radius 2 is 1.92 bits per heavy atom. The third-order valence-corrected chi connectivity index (χ3v) is 4.95. The number of benzene rings is 1. The van der Waals surface area contributed by atoms with Crippen LogP contribution in [-0.2, 0) is 19.5 Å². The van der Waals surface area contributed by atoms with Crippen molar-refractivity contribution in [2.75, 3.05) is 20.8 Å². The minimum absolute atomic E-state index is 0.0276. The van der Waals surface area contributed by atoms with Gasteiger partial charge >= 0.3 is 0 Å². The summed E-state index contributed by atoms with van der Waals surface area (Å²) in [5.74, 6) is 2.91. The van der Waals surface area contributed by atoms with E-state index >= 15 is 0 Å². The van der Waals surface area contributed by atoms with E-state index < -0.39 is 0 Å². The molecule has 132 valence electrons. The number of H-pyrrole nitrogens is 1. The first-order valence-electron chi connectivity index (χ1n) is 8.72. The fraction of sp³-hybridized carbons (Fsp3) is 0.474. The number of methoxy groups -OCH3 is 2. The van der Waals surface area contributed by atoms with Crippen LogP contribution in [0.5, 0.6) is 11.5 Å². The second-order valence-electron chi connectivity index (χ2n) is 6.83. The van der Waals surface area contributed by atoms with Gasteiger partial charge in [0.2, 0.25) is 0 Å². The van der Waals surface area contributed by atoms with Gasteiger partial charge in [0, 0.05) is 38.0 Å². The van der Waals surface area contributed by atoms with E-state index in [1.807, 2.05) is 18.2 Å². The van der Waals surface area contributed by atoms with E-state index in [1.54, 1.807) is 14.2 Å². The Bertz CT molecular complexity index is 820. The topological polar surface area (TPSA) is 67.5 Å². The zero-order valence-electron chi connectivity index (χ0n) is 14.7. The van der Waals surface area contributed by atoms with E-state index in [0.717, 1.165) is 66.5 Å². The van der Waals surface area contributed by atoms with Crippen LogP contribution in [0.3, 0.4) is 0 Å². The van der Waals surface area contributed by atoms with Gasteiger partial charge in [-0.2, -0.15) is 0 Å². The molecule has 0 bridgehead atoms.